The number of carboxylic acid groups (broad SMARTS) is 1. The molecule has 5 atom stereocenters. The van der Waals surface area contributed by atoms with E-state index in [1.165, 1.54) is 0 Å². The first-order chi connectivity index (χ1) is 10.0. The molecule has 0 aliphatic heterocycles. The van der Waals surface area contributed by atoms with Crippen LogP contribution in [0.4, 0.5) is 0 Å². The number of fused-ring (bicyclic) bond motifs is 1. The van der Waals surface area contributed by atoms with Crippen molar-refractivity contribution < 1.29 is 25.0 Å². The van der Waals surface area contributed by atoms with E-state index in [2.05, 4.69) is 5.16 Å². The molecule has 2 aliphatic rings. The number of nitrogens with zero attached hydrogens (tertiary/aromatic N) is 1. The van der Waals surface area contributed by atoms with Gasteiger partial charge in [0.25, 0.3) is 0 Å². The van der Waals surface area contributed by atoms with Crippen molar-refractivity contribution in [3.63, 3.8) is 0 Å². The number of oxime groups is 1. The molecular weight excluding hydrogens is 274 g/mol. The minimum absolute atomic E-state index is 0.0506. The molecule has 6 nitrogen and oxygen atoms in total. The Morgan fingerprint density at radius 2 is 2.29 bits per heavy atom. The van der Waals surface area contributed by atoms with Crippen LogP contribution < -0.4 is 0 Å². The molecule has 0 radical (unpaired) electrons. The molecule has 6 heteroatoms. The number of carbonyl (C=O) groups is 1. The number of rotatable bonds is 8. The molecule has 3 N–H and O–H groups in total. The third-order valence-corrected chi connectivity index (χ3v) is 4.82. The Morgan fingerprint density at radius 3 is 2.95 bits per heavy atom. The molecule has 0 bridgehead atoms. The van der Waals surface area contributed by atoms with E-state index in [-0.39, 0.29) is 37.1 Å². The molecule has 2 aliphatic carbocycles. The Kier molecular flexibility index (Phi) is 5.58. The van der Waals surface area contributed by atoms with Crippen molar-refractivity contribution in [2.75, 3.05) is 6.61 Å². The minimum atomic E-state index is -0.896. The molecule has 0 aromatic heterocycles. The summed E-state index contributed by atoms with van der Waals surface area (Å²) in [6.07, 6.45) is 3.22. The number of aliphatic hydroxyl groups is 2. The van der Waals surface area contributed by atoms with Crippen LogP contribution in [0.2, 0.25) is 0 Å². The molecular formula is C15H25NO5. The zero-order chi connectivity index (χ0) is 15.4. The van der Waals surface area contributed by atoms with Gasteiger partial charge in [-0.1, -0.05) is 12.1 Å². The fourth-order valence-electron chi connectivity index (χ4n) is 3.46. The summed E-state index contributed by atoms with van der Waals surface area (Å²) in [5.74, 6) is 0.0566. The highest BCUT2D eigenvalue weighted by molar-refractivity contribution is 5.93. The Balaban J connectivity index is 1.77. The predicted octanol–water partition coefficient (Wildman–Crippen LogP) is 1.40. The third-order valence-electron chi connectivity index (χ3n) is 4.82. The topological polar surface area (TPSA) is 99.4 Å². The average Bonchev–Trinajstić information content (AvgIpc) is 2.68. The molecule has 0 saturated heterocycles. The molecule has 2 saturated carbocycles. The fourth-order valence-corrected chi connectivity index (χ4v) is 3.46. The average molecular weight is 299 g/mol. The summed E-state index contributed by atoms with van der Waals surface area (Å²) in [5, 5.41) is 32.3. The van der Waals surface area contributed by atoms with E-state index >= 15 is 0 Å². The highest BCUT2D eigenvalue weighted by Gasteiger charge is 2.51. The van der Waals surface area contributed by atoms with E-state index in [9.17, 15) is 15.0 Å². The largest absolute Gasteiger partial charge is 0.481 e. The predicted molar refractivity (Wildman–Crippen MR) is 76.9 cm³/mol. The highest BCUT2D eigenvalue weighted by atomic mass is 16.6. The SMILES string of the molecule is CCC(O)CCC1C(O)CC2C(=NOCCC(=O)O)CC21. The van der Waals surface area contributed by atoms with Crippen LogP contribution in [0.5, 0.6) is 0 Å². The zero-order valence-corrected chi connectivity index (χ0v) is 12.4. The van der Waals surface area contributed by atoms with Gasteiger partial charge in [-0.3, -0.25) is 4.79 Å². The van der Waals surface area contributed by atoms with Gasteiger partial charge in [0, 0.05) is 5.92 Å². The summed E-state index contributed by atoms with van der Waals surface area (Å²) >= 11 is 0. The van der Waals surface area contributed by atoms with Crippen LogP contribution in [0.25, 0.3) is 0 Å². The zero-order valence-electron chi connectivity index (χ0n) is 12.4. The minimum Gasteiger partial charge on any atom is -0.481 e. The second-order valence-electron chi connectivity index (χ2n) is 6.14. The standard InChI is InChI=1S/C15H25NO5/c1-2-9(17)3-4-10-11-7-13(12(11)8-14(10)18)16-21-6-5-15(19)20/h9-12,14,17-18H,2-8H2,1H3,(H,19,20). The summed E-state index contributed by atoms with van der Waals surface area (Å²) in [5.41, 5.74) is 0.947. The lowest BCUT2D eigenvalue weighted by Gasteiger charge is -2.35. The molecule has 21 heavy (non-hydrogen) atoms. The number of aliphatic hydroxyl groups excluding tert-OH is 2. The van der Waals surface area contributed by atoms with Crippen molar-refractivity contribution in [2.24, 2.45) is 22.9 Å². The maximum atomic E-state index is 10.4. The first-order valence-electron chi connectivity index (χ1n) is 7.79. The van der Waals surface area contributed by atoms with Crippen molar-refractivity contribution in [3.05, 3.63) is 0 Å². The first kappa shape index (κ1) is 16.2. The van der Waals surface area contributed by atoms with Gasteiger partial charge >= 0.3 is 5.97 Å². The van der Waals surface area contributed by atoms with Crippen molar-refractivity contribution >= 4 is 11.7 Å². The fraction of sp³-hybridized carbons (Fsp3) is 0.867. The summed E-state index contributed by atoms with van der Waals surface area (Å²) in [6.45, 7) is 2.05. The number of carboxylic acids is 1. The van der Waals surface area contributed by atoms with Crippen LogP contribution in [0.15, 0.2) is 5.16 Å². The molecule has 0 spiro atoms. The highest BCUT2D eigenvalue weighted by Crippen LogP contribution is 2.50. The monoisotopic (exact) mass is 299 g/mol. The van der Waals surface area contributed by atoms with E-state index < -0.39 is 5.97 Å². The van der Waals surface area contributed by atoms with Crippen LogP contribution in [-0.2, 0) is 9.63 Å². The van der Waals surface area contributed by atoms with Crippen molar-refractivity contribution in [1.82, 2.24) is 0 Å². The molecule has 2 fully saturated rings. The summed E-state index contributed by atoms with van der Waals surface area (Å²) < 4.78 is 0. The van der Waals surface area contributed by atoms with Gasteiger partial charge in [-0.15, -0.1) is 0 Å². The summed E-state index contributed by atoms with van der Waals surface area (Å²) in [4.78, 5) is 15.4. The van der Waals surface area contributed by atoms with Gasteiger partial charge in [-0.2, -0.15) is 0 Å². The van der Waals surface area contributed by atoms with Gasteiger partial charge in [0.2, 0.25) is 0 Å². The lowest BCUT2D eigenvalue weighted by molar-refractivity contribution is -0.138. The molecule has 0 aromatic carbocycles. The van der Waals surface area contributed by atoms with Crippen LogP contribution >= 0.6 is 0 Å². The van der Waals surface area contributed by atoms with Crippen LogP contribution in [-0.4, -0.2) is 45.8 Å². The maximum absolute atomic E-state index is 10.4. The quantitative estimate of drug-likeness (QED) is 0.465. The van der Waals surface area contributed by atoms with Crippen molar-refractivity contribution in [1.29, 1.82) is 0 Å². The smallest absolute Gasteiger partial charge is 0.306 e. The number of hydrogen-bond donors (Lipinski definition) is 3. The lowest BCUT2D eigenvalue weighted by Crippen LogP contribution is -2.37. The van der Waals surface area contributed by atoms with Crippen LogP contribution in [0.3, 0.4) is 0 Å². The van der Waals surface area contributed by atoms with E-state index in [1.807, 2.05) is 6.92 Å². The number of hydrogen-bond acceptors (Lipinski definition) is 5. The van der Waals surface area contributed by atoms with Crippen LogP contribution in [0, 0.1) is 17.8 Å². The van der Waals surface area contributed by atoms with Crippen molar-refractivity contribution in [3.8, 4) is 0 Å². The van der Waals surface area contributed by atoms with Gasteiger partial charge in [-0.25, -0.2) is 0 Å². The lowest BCUT2D eigenvalue weighted by atomic mass is 9.70. The van der Waals surface area contributed by atoms with E-state index in [4.69, 9.17) is 9.94 Å². The first-order valence-corrected chi connectivity index (χ1v) is 7.79. The Labute approximate surface area is 124 Å². The van der Waals surface area contributed by atoms with E-state index in [1.54, 1.807) is 0 Å². The van der Waals surface area contributed by atoms with Crippen LogP contribution in [0.1, 0.15) is 45.4 Å². The molecule has 120 valence electrons. The van der Waals surface area contributed by atoms with Gasteiger partial charge < -0.3 is 20.2 Å². The van der Waals surface area contributed by atoms with Gasteiger partial charge in [0.15, 0.2) is 0 Å². The summed E-state index contributed by atoms with van der Waals surface area (Å²) in [7, 11) is 0. The molecule has 0 aromatic rings. The second-order valence-corrected chi connectivity index (χ2v) is 6.14. The summed E-state index contributed by atoms with van der Waals surface area (Å²) in [6, 6.07) is 0. The van der Waals surface area contributed by atoms with E-state index in [0.29, 0.717) is 12.3 Å². The molecule has 5 unspecified atom stereocenters. The molecule has 0 heterocycles. The molecule has 2 rings (SSSR count). The number of aliphatic carboxylic acids is 1. The second kappa shape index (κ2) is 7.22. The van der Waals surface area contributed by atoms with Gasteiger partial charge in [-0.05, 0) is 43.9 Å². The van der Waals surface area contributed by atoms with Gasteiger partial charge in [0.1, 0.15) is 6.61 Å². The normalized spacial score (nSPS) is 34.3. The Morgan fingerprint density at radius 1 is 1.52 bits per heavy atom. The Bertz CT molecular complexity index is 398. The molecule has 0 amide bonds. The maximum Gasteiger partial charge on any atom is 0.306 e. The van der Waals surface area contributed by atoms with Crippen molar-refractivity contribution in [2.45, 2.75) is 57.7 Å². The Hall–Kier alpha value is -1.14. The third kappa shape index (κ3) is 3.95. The van der Waals surface area contributed by atoms with Gasteiger partial charge in [0.05, 0.1) is 24.3 Å². The van der Waals surface area contributed by atoms with E-state index in [0.717, 1.165) is 31.4 Å².